The number of benzene rings is 2. The molecule has 1 atom stereocenters. The van der Waals surface area contributed by atoms with Gasteiger partial charge in [0.1, 0.15) is 5.75 Å². The lowest BCUT2D eigenvalue weighted by Gasteiger charge is -2.36. The van der Waals surface area contributed by atoms with Crippen molar-refractivity contribution in [3.05, 3.63) is 71.0 Å². The van der Waals surface area contributed by atoms with E-state index in [1.807, 2.05) is 12.1 Å². The van der Waals surface area contributed by atoms with Crippen molar-refractivity contribution in [2.45, 2.75) is 57.2 Å². The van der Waals surface area contributed by atoms with Crippen LogP contribution in [0.2, 0.25) is 0 Å². The number of methoxy groups -OCH3 is 1. The molecular weight excluding hydrogens is 374 g/mol. The van der Waals surface area contributed by atoms with Crippen LogP contribution in [0.3, 0.4) is 0 Å². The fourth-order valence-corrected chi connectivity index (χ4v) is 5.01. The maximum absolute atomic E-state index is 5.39. The highest BCUT2D eigenvalue weighted by Gasteiger charge is 2.32. The van der Waals surface area contributed by atoms with Gasteiger partial charge >= 0.3 is 0 Å². The molecule has 1 aliphatic carbocycles. The van der Waals surface area contributed by atoms with E-state index < -0.39 is 0 Å². The third kappa shape index (κ3) is 3.72. The molecule has 1 unspecified atom stereocenters. The van der Waals surface area contributed by atoms with Crippen LogP contribution in [0.25, 0.3) is 0 Å². The Bertz CT molecular complexity index is 977. The van der Waals surface area contributed by atoms with Gasteiger partial charge in [-0.1, -0.05) is 55.7 Å². The molecule has 1 fully saturated rings. The van der Waals surface area contributed by atoms with Gasteiger partial charge in [-0.15, -0.1) is 5.10 Å². The molecule has 2 aromatic carbocycles. The molecule has 156 valence electrons. The van der Waals surface area contributed by atoms with E-state index in [2.05, 4.69) is 61.5 Å². The van der Waals surface area contributed by atoms with E-state index in [9.17, 15) is 0 Å². The first kappa shape index (κ1) is 19.2. The van der Waals surface area contributed by atoms with Gasteiger partial charge in [0.15, 0.2) is 5.82 Å². The summed E-state index contributed by atoms with van der Waals surface area (Å²) in [6.07, 6.45) is 7.21. The Morgan fingerprint density at radius 1 is 0.967 bits per heavy atom. The van der Waals surface area contributed by atoms with E-state index >= 15 is 0 Å². The molecule has 1 aromatic heterocycles. The van der Waals surface area contributed by atoms with Crippen molar-refractivity contribution in [1.29, 1.82) is 0 Å². The molecule has 5 rings (SSSR count). The predicted molar refractivity (Wildman–Crippen MR) is 115 cm³/mol. The Balaban J connectivity index is 1.53. The summed E-state index contributed by atoms with van der Waals surface area (Å²) in [5.74, 6) is 1.83. The quantitative estimate of drug-likeness (QED) is 0.634. The van der Waals surface area contributed by atoms with Crippen LogP contribution in [0, 0.1) is 0 Å². The minimum Gasteiger partial charge on any atom is -0.497 e. The van der Waals surface area contributed by atoms with Crippen LogP contribution in [0.15, 0.2) is 48.5 Å². The molecular formula is C24H29N5O. The third-order valence-corrected chi connectivity index (χ3v) is 6.64. The number of ether oxygens (including phenoxy) is 1. The number of rotatable bonds is 5. The Morgan fingerprint density at radius 3 is 2.50 bits per heavy atom. The van der Waals surface area contributed by atoms with Crippen molar-refractivity contribution in [3.8, 4) is 5.75 Å². The maximum Gasteiger partial charge on any atom is 0.173 e. The summed E-state index contributed by atoms with van der Waals surface area (Å²) in [5.41, 5.74) is 4.06. The van der Waals surface area contributed by atoms with Crippen molar-refractivity contribution in [1.82, 2.24) is 25.1 Å². The first-order chi connectivity index (χ1) is 14.8. The van der Waals surface area contributed by atoms with Crippen molar-refractivity contribution in [3.63, 3.8) is 0 Å². The first-order valence-electron chi connectivity index (χ1n) is 11.1. The summed E-state index contributed by atoms with van der Waals surface area (Å²) in [6, 6.07) is 17.6. The molecule has 3 aromatic rings. The highest BCUT2D eigenvalue weighted by Crippen LogP contribution is 2.36. The average Bonchev–Trinajstić information content (AvgIpc) is 3.29. The topological polar surface area (TPSA) is 56.1 Å². The smallest absolute Gasteiger partial charge is 0.173 e. The van der Waals surface area contributed by atoms with Crippen molar-refractivity contribution in [2.24, 2.45) is 0 Å². The SMILES string of the molecule is COc1ccc(C(c2nnnn2C2CCCCC2)N2CCc3ccccc3C2)cc1. The van der Waals surface area contributed by atoms with Crippen LogP contribution in [0.4, 0.5) is 0 Å². The number of aromatic nitrogens is 4. The summed E-state index contributed by atoms with van der Waals surface area (Å²) in [4.78, 5) is 2.52. The van der Waals surface area contributed by atoms with Gasteiger partial charge in [0, 0.05) is 13.1 Å². The van der Waals surface area contributed by atoms with E-state index in [0.29, 0.717) is 6.04 Å². The lowest BCUT2D eigenvalue weighted by Crippen LogP contribution is -2.36. The first-order valence-corrected chi connectivity index (χ1v) is 11.1. The summed E-state index contributed by atoms with van der Waals surface area (Å²) in [6.45, 7) is 1.90. The van der Waals surface area contributed by atoms with E-state index in [-0.39, 0.29) is 6.04 Å². The number of hydrogen-bond acceptors (Lipinski definition) is 5. The van der Waals surface area contributed by atoms with E-state index in [1.165, 1.54) is 36.0 Å². The zero-order valence-corrected chi connectivity index (χ0v) is 17.6. The summed E-state index contributed by atoms with van der Waals surface area (Å²) in [5, 5.41) is 13.2. The van der Waals surface area contributed by atoms with Gasteiger partial charge in [0.05, 0.1) is 19.2 Å². The number of tetrazole rings is 1. The fraction of sp³-hybridized carbons (Fsp3) is 0.458. The van der Waals surface area contributed by atoms with E-state index in [0.717, 1.165) is 43.9 Å². The maximum atomic E-state index is 5.39. The molecule has 2 heterocycles. The zero-order valence-electron chi connectivity index (χ0n) is 17.6. The van der Waals surface area contributed by atoms with E-state index in [4.69, 9.17) is 4.74 Å². The average molecular weight is 404 g/mol. The van der Waals surface area contributed by atoms with Gasteiger partial charge in [0.2, 0.25) is 0 Å². The predicted octanol–water partition coefficient (Wildman–Crippen LogP) is 4.33. The van der Waals surface area contributed by atoms with Gasteiger partial charge in [-0.2, -0.15) is 0 Å². The molecule has 0 spiro atoms. The molecule has 1 saturated carbocycles. The van der Waals surface area contributed by atoms with Gasteiger partial charge in [-0.05, 0) is 58.5 Å². The summed E-state index contributed by atoms with van der Waals surface area (Å²) < 4.78 is 7.51. The highest BCUT2D eigenvalue weighted by atomic mass is 16.5. The largest absolute Gasteiger partial charge is 0.497 e. The third-order valence-electron chi connectivity index (χ3n) is 6.64. The number of hydrogen-bond donors (Lipinski definition) is 0. The Labute approximate surface area is 177 Å². The van der Waals surface area contributed by atoms with Crippen LogP contribution < -0.4 is 4.74 Å². The molecule has 6 heteroatoms. The standard InChI is InChI=1S/C24H29N5O/c1-30-22-13-11-19(12-14-22)23(28-16-15-18-7-5-6-8-20(18)17-28)24-25-26-27-29(24)21-9-3-2-4-10-21/h5-8,11-14,21,23H,2-4,9-10,15-17H2,1H3. The second kappa shape index (κ2) is 8.56. The molecule has 1 aliphatic heterocycles. The normalized spacial score (nSPS) is 18.7. The van der Waals surface area contributed by atoms with Crippen molar-refractivity contribution < 1.29 is 4.74 Å². The second-order valence-corrected chi connectivity index (χ2v) is 8.44. The van der Waals surface area contributed by atoms with Crippen LogP contribution in [0.1, 0.15) is 66.7 Å². The zero-order chi connectivity index (χ0) is 20.3. The van der Waals surface area contributed by atoms with Gasteiger partial charge < -0.3 is 4.74 Å². The lowest BCUT2D eigenvalue weighted by molar-refractivity contribution is 0.187. The Morgan fingerprint density at radius 2 is 1.73 bits per heavy atom. The minimum atomic E-state index is 0.0289. The molecule has 0 bridgehead atoms. The van der Waals surface area contributed by atoms with Crippen LogP contribution in [0.5, 0.6) is 5.75 Å². The van der Waals surface area contributed by atoms with Gasteiger partial charge in [0.25, 0.3) is 0 Å². The monoisotopic (exact) mass is 403 g/mol. The summed E-state index contributed by atoms with van der Waals surface area (Å²) >= 11 is 0. The Kier molecular flexibility index (Phi) is 5.49. The molecule has 6 nitrogen and oxygen atoms in total. The Hall–Kier alpha value is -2.73. The van der Waals surface area contributed by atoms with Crippen LogP contribution in [-0.2, 0) is 13.0 Å². The molecule has 0 saturated heterocycles. The van der Waals surface area contributed by atoms with Crippen LogP contribution in [-0.4, -0.2) is 38.8 Å². The van der Waals surface area contributed by atoms with Gasteiger partial charge in [-0.25, -0.2) is 4.68 Å². The molecule has 30 heavy (non-hydrogen) atoms. The van der Waals surface area contributed by atoms with Gasteiger partial charge in [-0.3, -0.25) is 4.90 Å². The molecule has 0 N–H and O–H groups in total. The summed E-state index contributed by atoms with van der Waals surface area (Å²) in [7, 11) is 1.71. The molecule has 0 radical (unpaired) electrons. The van der Waals surface area contributed by atoms with Crippen LogP contribution >= 0.6 is 0 Å². The number of fused-ring (bicyclic) bond motifs is 1. The highest BCUT2D eigenvalue weighted by molar-refractivity contribution is 5.34. The van der Waals surface area contributed by atoms with E-state index in [1.54, 1.807) is 7.11 Å². The van der Waals surface area contributed by atoms with Crippen molar-refractivity contribution in [2.75, 3.05) is 13.7 Å². The minimum absolute atomic E-state index is 0.0289. The fourth-order valence-electron chi connectivity index (χ4n) is 5.01. The number of nitrogens with zero attached hydrogens (tertiary/aromatic N) is 5. The second-order valence-electron chi connectivity index (χ2n) is 8.44. The molecule has 2 aliphatic rings. The van der Waals surface area contributed by atoms with Crippen molar-refractivity contribution >= 4 is 0 Å². The lowest BCUT2D eigenvalue weighted by atomic mass is 9.94. The molecule has 0 amide bonds.